The Labute approximate surface area is 191 Å². The minimum Gasteiger partial charge on any atom is -0.493 e. The summed E-state index contributed by atoms with van der Waals surface area (Å²) in [4.78, 5) is 27.9. The van der Waals surface area contributed by atoms with E-state index in [2.05, 4.69) is 4.90 Å². The van der Waals surface area contributed by atoms with Crippen LogP contribution in [0, 0.1) is 10.1 Å². The zero-order valence-electron chi connectivity index (χ0n) is 18.4. The van der Waals surface area contributed by atoms with Gasteiger partial charge in [-0.1, -0.05) is 6.07 Å². The maximum Gasteiger partial charge on any atom is 0.269 e. The Balaban J connectivity index is 1.51. The van der Waals surface area contributed by atoms with Crippen molar-refractivity contribution in [3.63, 3.8) is 0 Å². The molecule has 1 aliphatic heterocycles. The standard InChI is InChI=1S/C22H27N3O6S/c1-29-19-9-4-16(21(30-2)22(19)31-3)14-23-10-12-24(13-11-23)20(26)15-32-18-7-5-17(6-8-18)25(27)28/h4-9H,10-15H2,1-3H3. The van der Waals surface area contributed by atoms with Crippen molar-refractivity contribution >= 4 is 23.4 Å². The predicted octanol–water partition coefficient (Wildman–Crippen LogP) is 3.06. The molecule has 0 saturated carbocycles. The van der Waals surface area contributed by atoms with Gasteiger partial charge in [0.1, 0.15) is 0 Å². The molecule has 0 radical (unpaired) electrons. The Morgan fingerprint density at radius 2 is 1.62 bits per heavy atom. The first kappa shape index (κ1) is 23.7. The molecule has 1 saturated heterocycles. The molecule has 0 aliphatic carbocycles. The van der Waals surface area contributed by atoms with Gasteiger partial charge >= 0.3 is 0 Å². The molecular formula is C22H27N3O6S. The van der Waals surface area contributed by atoms with Gasteiger partial charge in [0, 0.05) is 55.3 Å². The number of amides is 1. The Morgan fingerprint density at radius 3 is 2.19 bits per heavy atom. The van der Waals surface area contributed by atoms with E-state index in [1.54, 1.807) is 33.5 Å². The van der Waals surface area contributed by atoms with E-state index < -0.39 is 4.92 Å². The molecule has 0 spiro atoms. The van der Waals surface area contributed by atoms with E-state index >= 15 is 0 Å². The van der Waals surface area contributed by atoms with Crippen LogP contribution in [-0.4, -0.2) is 73.9 Å². The molecule has 0 N–H and O–H groups in total. The van der Waals surface area contributed by atoms with Crippen LogP contribution in [0.5, 0.6) is 17.2 Å². The predicted molar refractivity (Wildman–Crippen MR) is 122 cm³/mol. The molecule has 32 heavy (non-hydrogen) atoms. The minimum absolute atomic E-state index is 0.0444. The third-order valence-electron chi connectivity index (χ3n) is 5.31. The highest BCUT2D eigenvalue weighted by molar-refractivity contribution is 8.00. The van der Waals surface area contributed by atoms with Crippen molar-refractivity contribution in [3.8, 4) is 17.2 Å². The number of benzene rings is 2. The largest absolute Gasteiger partial charge is 0.493 e. The van der Waals surface area contributed by atoms with E-state index in [0.717, 1.165) is 23.5 Å². The molecule has 1 fully saturated rings. The number of hydrogen-bond acceptors (Lipinski definition) is 8. The fourth-order valence-corrected chi connectivity index (χ4v) is 4.39. The Hall–Kier alpha value is -2.98. The van der Waals surface area contributed by atoms with Gasteiger partial charge < -0.3 is 19.1 Å². The number of methoxy groups -OCH3 is 3. The zero-order chi connectivity index (χ0) is 23.1. The van der Waals surface area contributed by atoms with Crippen LogP contribution >= 0.6 is 11.8 Å². The van der Waals surface area contributed by atoms with Gasteiger partial charge in [0.05, 0.1) is 32.0 Å². The van der Waals surface area contributed by atoms with Gasteiger partial charge in [-0.05, 0) is 18.2 Å². The van der Waals surface area contributed by atoms with Gasteiger partial charge in [0.25, 0.3) is 5.69 Å². The highest BCUT2D eigenvalue weighted by atomic mass is 32.2. The number of piperazine rings is 1. The minimum atomic E-state index is -0.434. The van der Waals surface area contributed by atoms with Crippen molar-refractivity contribution in [1.82, 2.24) is 9.80 Å². The highest BCUT2D eigenvalue weighted by Crippen LogP contribution is 2.40. The molecule has 0 aromatic heterocycles. The number of carbonyl (C=O) groups is 1. The third-order valence-corrected chi connectivity index (χ3v) is 6.31. The number of nitro groups is 1. The lowest BCUT2D eigenvalue weighted by Crippen LogP contribution is -2.48. The summed E-state index contributed by atoms with van der Waals surface area (Å²) in [5.74, 6) is 2.22. The van der Waals surface area contributed by atoms with E-state index in [4.69, 9.17) is 14.2 Å². The van der Waals surface area contributed by atoms with E-state index in [0.29, 0.717) is 42.6 Å². The Morgan fingerprint density at radius 1 is 0.969 bits per heavy atom. The average molecular weight is 462 g/mol. The van der Waals surface area contributed by atoms with Crippen LogP contribution in [0.2, 0.25) is 0 Å². The first-order valence-corrected chi connectivity index (χ1v) is 11.1. The lowest BCUT2D eigenvalue weighted by molar-refractivity contribution is -0.384. The van der Waals surface area contributed by atoms with E-state index in [1.807, 2.05) is 17.0 Å². The number of nitrogens with zero attached hydrogens (tertiary/aromatic N) is 3. The van der Waals surface area contributed by atoms with Crippen molar-refractivity contribution < 1.29 is 23.9 Å². The summed E-state index contributed by atoms with van der Waals surface area (Å²) in [5.41, 5.74) is 1.04. The first-order valence-electron chi connectivity index (χ1n) is 10.1. The summed E-state index contributed by atoms with van der Waals surface area (Å²) in [6, 6.07) is 10.1. The molecule has 1 aliphatic rings. The van der Waals surface area contributed by atoms with Gasteiger partial charge in [0.15, 0.2) is 11.5 Å². The summed E-state index contributed by atoms with van der Waals surface area (Å²) >= 11 is 1.39. The third kappa shape index (κ3) is 5.63. The fourth-order valence-electron chi connectivity index (χ4n) is 3.58. The number of thioether (sulfide) groups is 1. The van der Waals surface area contributed by atoms with E-state index in [9.17, 15) is 14.9 Å². The Kier molecular flexibility index (Phi) is 8.18. The topological polar surface area (TPSA) is 94.4 Å². The average Bonchev–Trinajstić information content (AvgIpc) is 2.82. The Bertz CT molecular complexity index is 945. The van der Waals surface area contributed by atoms with Gasteiger partial charge in [0.2, 0.25) is 11.7 Å². The van der Waals surface area contributed by atoms with Gasteiger partial charge in [-0.15, -0.1) is 11.8 Å². The maximum atomic E-state index is 12.6. The number of hydrogen-bond donors (Lipinski definition) is 0. The number of ether oxygens (including phenoxy) is 3. The summed E-state index contributed by atoms with van der Waals surface area (Å²) in [5, 5.41) is 10.7. The first-order chi connectivity index (χ1) is 15.5. The molecule has 2 aromatic carbocycles. The number of carbonyl (C=O) groups excluding carboxylic acids is 1. The quantitative estimate of drug-likeness (QED) is 0.320. The zero-order valence-corrected chi connectivity index (χ0v) is 19.2. The summed E-state index contributed by atoms with van der Waals surface area (Å²) in [6.07, 6.45) is 0. The molecule has 1 heterocycles. The molecule has 0 bridgehead atoms. The monoisotopic (exact) mass is 461 g/mol. The fraction of sp³-hybridized carbons (Fsp3) is 0.409. The van der Waals surface area contributed by atoms with Crippen LogP contribution in [0.3, 0.4) is 0 Å². The van der Waals surface area contributed by atoms with Crippen molar-refractivity contribution in [2.75, 3.05) is 53.3 Å². The van der Waals surface area contributed by atoms with Crippen molar-refractivity contribution in [2.24, 2.45) is 0 Å². The molecule has 0 unspecified atom stereocenters. The van der Waals surface area contributed by atoms with Crippen LogP contribution in [-0.2, 0) is 11.3 Å². The summed E-state index contributed by atoms with van der Waals surface area (Å²) in [7, 11) is 4.79. The second kappa shape index (κ2) is 11.1. The van der Waals surface area contributed by atoms with Crippen LogP contribution in [0.4, 0.5) is 5.69 Å². The van der Waals surface area contributed by atoms with Crippen LogP contribution < -0.4 is 14.2 Å². The van der Waals surface area contributed by atoms with Crippen LogP contribution in [0.1, 0.15) is 5.56 Å². The van der Waals surface area contributed by atoms with E-state index in [-0.39, 0.29) is 11.6 Å². The number of rotatable bonds is 9. The van der Waals surface area contributed by atoms with Gasteiger partial charge in [-0.25, -0.2) is 0 Å². The maximum absolute atomic E-state index is 12.6. The molecular weight excluding hydrogens is 434 g/mol. The number of non-ortho nitro benzene ring substituents is 1. The van der Waals surface area contributed by atoms with Crippen LogP contribution in [0.15, 0.2) is 41.3 Å². The second-order valence-electron chi connectivity index (χ2n) is 7.19. The second-order valence-corrected chi connectivity index (χ2v) is 8.24. The van der Waals surface area contributed by atoms with Crippen molar-refractivity contribution in [2.45, 2.75) is 11.4 Å². The summed E-state index contributed by atoms with van der Waals surface area (Å²) in [6.45, 7) is 3.49. The lowest BCUT2D eigenvalue weighted by atomic mass is 10.1. The molecule has 0 atom stereocenters. The van der Waals surface area contributed by atoms with Crippen molar-refractivity contribution in [1.29, 1.82) is 0 Å². The molecule has 3 rings (SSSR count). The smallest absolute Gasteiger partial charge is 0.269 e. The molecule has 9 nitrogen and oxygen atoms in total. The molecule has 2 aromatic rings. The van der Waals surface area contributed by atoms with Crippen molar-refractivity contribution in [3.05, 3.63) is 52.1 Å². The highest BCUT2D eigenvalue weighted by Gasteiger charge is 2.23. The van der Waals surface area contributed by atoms with Gasteiger partial charge in [-0.3, -0.25) is 19.8 Å². The van der Waals surface area contributed by atoms with Crippen LogP contribution in [0.25, 0.3) is 0 Å². The van der Waals surface area contributed by atoms with Gasteiger partial charge in [-0.2, -0.15) is 0 Å². The molecule has 10 heteroatoms. The lowest BCUT2D eigenvalue weighted by Gasteiger charge is -2.35. The van der Waals surface area contributed by atoms with E-state index in [1.165, 1.54) is 23.9 Å². The SMILES string of the molecule is COc1ccc(CN2CCN(C(=O)CSc3ccc([N+](=O)[O-])cc3)CC2)c(OC)c1OC. The molecule has 172 valence electrons. The number of nitro benzene ring substituents is 1. The molecule has 1 amide bonds. The summed E-state index contributed by atoms with van der Waals surface area (Å²) < 4.78 is 16.4. The normalized spacial score (nSPS) is 14.2.